The van der Waals surface area contributed by atoms with E-state index in [1.54, 1.807) is 0 Å². The summed E-state index contributed by atoms with van der Waals surface area (Å²) in [5.41, 5.74) is 1.68. The Hall–Kier alpha value is -2.42. The summed E-state index contributed by atoms with van der Waals surface area (Å²) < 4.78 is 27.3. The van der Waals surface area contributed by atoms with E-state index in [1.807, 2.05) is 24.3 Å². The van der Waals surface area contributed by atoms with Crippen molar-refractivity contribution in [2.24, 2.45) is 0 Å². The van der Waals surface area contributed by atoms with Crippen molar-refractivity contribution in [3.8, 4) is 0 Å². The van der Waals surface area contributed by atoms with Crippen molar-refractivity contribution in [1.82, 2.24) is 9.97 Å². The van der Waals surface area contributed by atoms with Crippen molar-refractivity contribution in [3.05, 3.63) is 24.3 Å². The molecule has 0 unspecified atom stereocenters. The average molecular weight is 270 g/mol. The fourth-order valence-corrected chi connectivity index (χ4v) is 1.16. The van der Waals surface area contributed by atoms with E-state index < -0.39 is 16.6 Å². The lowest BCUT2D eigenvalue weighted by Gasteiger charge is -1.96. The van der Waals surface area contributed by atoms with Gasteiger partial charge in [0.2, 0.25) is 5.95 Å². The molecular weight excluding hydrogens is 260 g/mol. The highest BCUT2D eigenvalue weighted by Gasteiger charge is 2.04. The highest BCUT2D eigenvalue weighted by Crippen LogP contribution is 2.12. The van der Waals surface area contributed by atoms with E-state index in [9.17, 15) is 4.79 Å². The Kier molecular flexibility index (Phi) is 4.81. The van der Waals surface area contributed by atoms with E-state index in [-0.39, 0.29) is 0 Å². The Bertz CT molecular complexity index is 609. The van der Waals surface area contributed by atoms with Crippen LogP contribution in [0.4, 0.5) is 10.7 Å². The third kappa shape index (κ3) is 4.22. The number of nitrogens with one attached hydrogen (secondary N) is 3. The normalized spacial score (nSPS) is 9.17. The summed E-state index contributed by atoms with van der Waals surface area (Å²) in [5, 5.41) is 2.45. The molecule has 2 rings (SSSR count). The quantitative estimate of drug-likeness (QED) is 0.721. The number of hydrogen-bond acceptors (Lipinski definition) is 6. The molecule has 0 spiro atoms. The fourth-order valence-electron chi connectivity index (χ4n) is 1.16. The van der Waals surface area contributed by atoms with Crippen molar-refractivity contribution >= 4 is 33.6 Å². The van der Waals surface area contributed by atoms with Crippen LogP contribution in [0.15, 0.2) is 24.3 Å². The summed E-state index contributed by atoms with van der Waals surface area (Å²) in [7, 11) is -1.31. The van der Waals surface area contributed by atoms with Gasteiger partial charge in [0.15, 0.2) is 0 Å². The number of H-pyrrole nitrogens is 1. The summed E-state index contributed by atoms with van der Waals surface area (Å²) in [4.78, 5) is 17.9. The predicted octanol–water partition coefficient (Wildman–Crippen LogP) is 1.37. The first-order valence-electron chi connectivity index (χ1n) is 4.63. The number of nitrogens with zero attached hydrogens (tertiary/aromatic N) is 1. The maximum Gasteiger partial charge on any atom is 0.413 e. The third-order valence-electron chi connectivity index (χ3n) is 1.80. The predicted molar refractivity (Wildman–Crippen MR) is 63.8 cm³/mol. The Balaban J connectivity index is 0.000000357. The Morgan fingerprint density at radius 1 is 1.44 bits per heavy atom. The van der Waals surface area contributed by atoms with Gasteiger partial charge in [-0.1, -0.05) is 12.1 Å². The minimum absolute atomic E-state index is 0.387. The maximum atomic E-state index is 10.9. The average Bonchev–Trinajstić information content (AvgIpc) is 2.70. The first-order valence-corrected chi connectivity index (χ1v) is 5.70. The largest absolute Gasteiger partial charge is 0.453 e. The molecule has 0 saturated heterocycles. The second-order valence-electron chi connectivity index (χ2n) is 2.95. The molecule has 0 saturated carbocycles. The minimum Gasteiger partial charge on any atom is -0.453 e. The van der Waals surface area contributed by atoms with E-state index in [0.717, 1.165) is 11.0 Å². The van der Waals surface area contributed by atoms with Gasteiger partial charge in [0.1, 0.15) is 0 Å². The number of carbonyl (C=O) groups is 1. The van der Waals surface area contributed by atoms with Gasteiger partial charge in [0, 0.05) is 0 Å². The number of imidazole rings is 1. The van der Waals surface area contributed by atoms with Gasteiger partial charge in [-0.3, -0.25) is 5.32 Å². The van der Waals surface area contributed by atoms with Crippen molar-refractivity contribution < 1.29 is 17.9 Å². The summed E-state index contributed by atoms with van der Waals surface area (Å²) in [5.74, 6) is 0.387. The Morgan fingerprint density at radius 3 is 2.61 bits per heavy atom. The second kappa shape index (κ2) is 6.35. The van der Waals surface area contributed by atoms with Gasteiger partial charge in [-0.15, -0.1) is 0 Å². The fraction of sp³-hybridized carbons (Fsp3) is 0.111. The van der Waals surface area contributed by atoms with E-state index >= 15 is 0 Å². The summed E-state index contributed by atoms with van der Waals surface area (Å²) in [6, 6.07) is 7.51. The number of ether oxygens (including phenoxy) is 1. The van der Waals surface area contributed by atoms with Crippen LogP contribution in [-0.4, -0.2) is 31.6 Å². The van der Waals surface area contributed by atoms with E-state index in [1.165, 1.54) is 7.11 Å². The van der Waals surface area contributed by atoms with Crippen molar-refractivity contribution in [2.75, 3.05) is 12.4 Å². The van der Waals surface area contributed by atoms with Crippen LogP contribution in [0, 0.1) is 4.78 Å². The molecule has 0 aliphatic heterocycles. The van der Waals surface area contributed by atoms with Gasteiger partial charge in [0.05, 0.1) is 18.1 Å². The molecular formula is C9H10N4O4S. The molecule has 0 fully saturated rings. The van der Waals surface area contributed by atoms with Crippen LogP contribution in [0.25, 0.3) is 11.0 Å². The van der Waals surface area contributed by atoms with Crippen LogP contribution in [0.2, 0.25) is 0 Å². The van der Waals surface area contributed by atoms with E-state index in [4.69, 9.17) is 13.2 Å². The van der Waals surface area contributed by atoms with Crippen LogP contribution >= 0.6 is 0 Å². The molecule has 1 aromatic heterocycles. The first-order chi connectivity index (χ1) is 8.52. The number of rotatable bonds is 1. The first kappa shape index (κ1) is 13.6. The molecule has 0 radical (unpaired) electrons. The Labute approximate surface area is 103 Å². The molecule has 1 heterocycles. The summed E-state index contributed by atoms with van der Waals surface area (Å²) >= 11 is 0. The molecule has 1 amide bonds. The van der Waals surface area contributed by atoms with Gasteiger partial charge in [-0.25, -0.2) is 9.78 Å². The van der Waals surface area contributed by atoms with Crippen LogP contribution in [-0.2, 0) is 15.2 Å². The lowest BCUT2D eigenvalue weighted by molar-refractivity contribution is 0.186. The monoisotopic (exact) mass is 270 g/mol. The minimum atomic E-state index is -2.61. The van der Waals surface area contributed by atoms with Crippen molar-refractivity contribution in [2.45, 2.75) is 0 Å². The zero-order valence-corrected chi connectivity index (χ0v) is 10.1. The number of benzene rings is 1. The number of carbonyl (C=O) groups excluding carboxylic acids is 1. The van der Waals surface area contributed by atoms with Gasteiger partial charge in [0.25, 0.3) is 0 Å². The number of aromatic nitrogens is 2. The van der Waals surface area contributed by atoms with Gasteiger partial charge in [-0.2, -0.15) is 13.2 Å². The number of hydrogen-bond donors (Lipinski definition) is 3. The van der Waals surface area contributed by atoms with Crippen LogP contribution in [0.5, 0.6) is 0 Å². The highest BCUT2D eigenvalue weighted by molar-refractivity contribution is 7.60. The molecule has 8 nitrogen and oxygen atoms in total. The van der Waals surface area contributed by atoms with Crippen LogP contribution in [0.3, 0.4) is 0 Å². The van der Waals surface area contributed by atoms with Gasteiger partial charge >= 0.3 is 16.6 Å². The van der Waals surface area contributed by atoms with E-state index in [0.29, 0.717) is 5.95 Å². The summed E-state index contributed by atoms with van der Waals surface area (Å²) in [6.45, 7) is 0. The SMILES string of the molecule is COC(=O)Nc1nc2ccccc2[nH]1.N=S(=O)=O. The van der Waals surface area contributed by atoms with Crippen molar-refractivity contribution in [1.29, 1.82) is 4.78 Å². The second-order valence-corrected chi connectivity index (χ2v) is 3.42. The molecule has 0 atom stereocenters. The molecule has 1 aromatic carbocycles. The maximum absolute atomic E-state index is 10.9. The number of aromatic amines is 1. The number of methoxy groups -OCH3 is 1. The molecule has 9 heteroatoms. The van der Waals surface area contributed by atoms with Gasteiger partial charge < -0.3 is 9.72 Å². The Morgan fingerprint density at radius 2 is 2.06 bits per heavy atom. The molecule has 2 aromatic rings. The molecule has 96 valence electrons. The van der Waals surface area contributed by atoms with E-state index in [2.05, 4.69) is 20.0 Å². The van der Waals surface area contributed by atoms with Crippen LogP contribution < -0.4 is 5.32 Å². The van der Waals surface area contributed by atoms with Crippen molar-refractivity contribution in [3.63, 3.8) is 0 Å². The molecule has 0 aliphatic rings. The molecule has 18 heavy (non-hydrogen) atoms. The number of anilines is 1. The molecule has 0 aliphatic carbocycles. The standard InChI is InChI=1S/C9H9N3O2.HNO2S/c1-14-9(13)12-8-10-6-4-2-3-5-7(6)11-8;1-4(2)3/h2-5H,1H3,(H2,10,11,12,13);1H. The number of amides is 1. The van der Waals surface area contributed by atoms with Gasteiger partial charge in [-0.05, 0) is 12.1 Å². The molecule has 0 bridgehead atoms. The highest BCUT2D eigenvalue weighted by atomic mass is 32.2. The molecule has 3 N–H and O–H groups in total. The lowest BCUT2D eigenvalue weighted by atomic mass is 10.3. The topological polar surface area (TPSA) is 125 Å². The summed E-state index contributed by atoms with van der Waals surface area (Å²) in [6.07, 6.45) is -0.538. The zero-order chi connectivity index (χ0) is 13.5. The number of para-hydroxylation sites is 2. The smallest absolute Gasteiger partial charge is 0.413 e. The zero-order valence-electron chi connectivity index (χ0n) is 9.30. The van der Waals surface area contributed by atoms with Crippen LogP contribution in [0.1, 0.15) is 0 Å². The third-order valence-corrected chi connectivity index (χ3v) is 1.80. The number of fused-ring (bicyclic) bond motifs is 1. The lowest BCUT2D eigenvalue weighted by Crippen LogP contribution is -2.11.